The number of ether oxygens (including phenoxy) is 2. The van der Waals surface area contributed by atoms with Gasteiger partial charge in [-0.2, -0.15) is 0 Å². The third kappa shape index (κ3) is 2.40. The fourth-order valence-electron chi connectivity index (χ4n) is 5.65. The Morgan fingerprint density at radius 3 is 1.76 bits per heavy atom. The van der Waals surface area contributed by atoms with Gasteiger partial charge in [0.05, 0.1) is 24.6 Å². The van der Waals surface area contributed by atoms with E-state index in [1.807, 2.05) is 24.3 Å². The van der Waals surface area contributed by atoms with Gasteiger partial charge < -0.3 is 9.47 Å². The minimum Gasteiger partial charge on any atom is -0.497 e. The molecule has 29 heavy (non-hydrogen) atoms. The van der Waals surface area contributed by atoms with Crippen LogP contribution in [0.2, 0.25) is 0 Å². The highest BCUT2D eigenvalue weighted by molar-refractivity contribution is 6.22. The van der Waals surface area contributed by atoms with Gasteiger partial charge in [0.15, 0.2) is 0 Å². The molecule has 1 aliphatic heterocycles. The van der Waals surface area contributed by atoms with Gasteiger partial charge in [0, 0.05) is 0 Å². The molecular formula is C24H21NO4. The topological polar surface area (TPSA) is 55.8 Å². The van der Waals surface area contributed by atoms with Crippen LogP contribution < -0.4 is 14.4 Å². The molecule has 2 bridgehead atoms. The summed E-state index contributed by atoms with van der Waals surface area (Å²) in [7, 11) is 1.62. The number of benzene rings is 2. The molecule has 5 nitrogen and oxygen atoms in total. The lowest BCUT2D eigenvalue weighted by Crippen LogP contribution is -2.40. The van der Waals surface area contributed by atoms with Crippen molar-refractivity contribution in [3.63, 3.8) is 0 Å². The van der Waals surface area contributed by atoms with Crippen LogP contribution in [0.3, 0.4) is 0 Å². The Bertz CT molecular complexity index is 990. The number of carbonyl (C=O) groups is 2. The van der Waals surface area contributed by atoms with E-state index in [1.165, 1.54) is 11.3 Å². The van der Waals surface area contributed by atoms with Crippen molar-refractivity contribution in [1.82, 2.24) is 0 Å². The standard InChI is InChI=1S/C24H21NO4/c1-28-14-6-8-16(9-7-14)29-15-4-2-13(3-5-15)25-23(26)21-17-10-11-18(20-12-19(17)20)22(21)24(25)27/h2-11,17-22H,12H2,1H3/t17-,18-,19-,20+,21+,22+/m1/s1. The maximum atomic E-state index is 13.2. The maximum absolute atomic E-state index is 13.2. The summed E-state index contributed by atoms with van der Waals surface area (Å²) in [5.41, 5.74) is 0.629. The zero-order chi connectivity index (χ0) is 19.7. The number of amides is 2. The van der Waals surface area contributed by atoms with Gasteiger partial charge in [-0.1, -0.05) is 12.2 Å². The molecule has 4 aliphatic carbocycles. The number of anilines is 1. The van der Waals surface area contributed by atoms with Crippen LogP contribution in [-0.2, 0) is 9.59 Å². The largest absolute Gasteiger partial charge is 0.497 e. The Kier molecular flexibility index (Phi) is 3.46. The zero-order valence-electron chi connectivity index (χ0n) is 16.0. The van der Waals surface area contributed by atoms with Crippen LogP contribution in [0.15, 0.2) is 60.7 Å². The number of carbonyl (C=O) groups excluding carboxylic acids is 2. The van der Waals surface area contributed by atoms with Crippen molar-refractivity contribution >= 4 is 17.5 Å². The molecule has 1 heterocycles. The summed E-state index contributed by atoms with van der Waals surface area (Å²) in [6, 6.07) is 14.5. The van der Waals surface area contributed by atoms with Crippen molar-refractivity contribution in [3.8, 4) is 17.2 Å². The smallest absolute Gasteiger partial charge is 0.238 e. The van der Waals surface area contributed by atoms with Crippen molar-refractivity contribution < 1.29 is 19.1 Å². The van der Waals surface area contributed by atoms with E-state index in [1.54, 1.807) is 31.4 Å². The van der Waals surface area contributed by atoms with Gasteiger partial charge in [-0.15, -0.1) is 0 Å². The molecule has 0 unspecified atom stereocenters. The lowest BCUT2D eigenvalue weighted by atomic mass is 9.63. The van der Waals surface area contributed by atoms with Crippen LogP contribution >= 0.6 is 0 Å². The third-order valence-corrected chi connectivity index (χ3v) is 7.05. The second kappa shape index (κ2) is 5.96. The Balaban J connectivity index is 1.23. The minimum atomic E-state index is -0.170. The summed E-state index contributed by atoms with van der Waals surface area (Å²) in [4.78, 5) is 27.7. The van der Waals surface area contributed by atoms with Crippen LogP contribution in [0.5, 0.6) is 17.2 Å². The number of methoxy groups -OCH3 is 1. The molecule has 6 atom stereocenters. The van der Waals surface area contributed by atoms with Crippen LogP contribution in [-0.4, -0.2) is 18.9 Å². The third-order valence-electron chi connectivity index (χ3n) is 7.05. The molecule has 3 fully saturated rings. The van der Waals surface area contributed by atoms with Gasteiger partial charge in [0.2, 0.25) is 11.8 Å². The molecule has 2 amide bonds. The molecule has 0 spiro atoms. The molecule has 0 aromatic heterocycles. The van der Waals surface area contributed by atoms with Crippen molar-refractivity contribution in [2.75, 3.05) is 12.0 Å². The first-order valence-electron chi connectivity index (χ1n) is 10.1. The summed E-state index contributed by atoms with van der Waals surface area (Å²) in [5.74, 6) is 3.42. The number of nitrogens with zero attached hydrogens (tertiary/aromatic N) is 1. The fourth-order valence-corrected chi connectivity index (χ4v) is 5.65. The molecule has 0 N–H and O–H groups in total. The number of imide groups is 1. The summed E-state index contributed by atoms with van der Waals surface area (Å²) < 4.78 is 11.0. The first-order chi connectivity index (χ1) is 14.2. The summed E-state index contributed by atoms with van der Waals surface area (Å²) >= 11 is 0. The number of hydrogen-bond acceptors (Lipinski definition) is 4. The minimum absolute atomic E-state index is 0.0338. The van der Waals surface area contributed by atoms with Gasteiger partial charge in [-0.25, -0.2) is 0 Å². The molecule has 5 heteroatoms. The molecule has 1 saturated heterocycles. The summed E-state index contributed by atoms with van der Waals surface area (Å²) in [6.07, 6.45) is 5.56. The van der Waals surface area contributed by atoms with E-state index in [4.69, 9.17) is 9.47 Å². The second-order valence-electron chi connectivity index (χ2n) is 8.44. The quantitative estimate of drug-likeness (QED) is 0.587. The van der Waals surface area contributed by atoms with E-state index in [-0.39, 0.29) is 35.5 Å². The van der Waals surface area contributed by atoms with Crippen LogP contribution in [0.4, 0.5) is 5.69 Å². The van der Waals surface area contributed by atoms with Crippen molar-refractivity contribution in [2.45, 2.75) is 6.42 Å². The van der Waals surface area contributed by atoms with Crippen LogP contribution in [0, 0.1) is 35.5 Å². The Morgan fingerprint density at radius 2 is 1.24 bits per heavy atom. The number of hydrogen-bond donors (Lipinski definition) is 0. The average molecular weight is 387 g/mol. The van der Waals surface area contributed by atoms with E-state index in [0.717, 1.165) is 5.75 Å². The first kappa shape index (κ1) is 16.8. The average Bonchev–Trinajstić information content (AvgIpc) is 3.53. The molecule has 2 saturated carbocycles. The van der Waals surface area contributed by atoms with E-state index >= 15 is 0 Å². The van der Waals surface area contributed by atoms with E-state index in [2.05, 4.69) is 12.2 Å². The highest BCUT2D eigenvalue weighted by atomic mass is 16.5. The maximum Gasteiger partial charge on any atom is 0.238 e. The number of allylic oxidation sites excluding steroid dienone is 2. The molecular weight excluding hydrogens is 366 g/mol. The summed E-state index contributed by atoms with van der Waals surface area (Å²) in [5, 5.41) is 0. The van der Waals surface area contributed by atoms with E-state index in [9.17, 15) is 9.59 Å². The SMILES string of the molecule is COc1ccc(Oc2ccc(N3C(=O)[C@H]4[C@@H]5C=C[C@H]([C@@H]6C[C@H]56)[C@@H]4C3=O)cc2)cc1. The van der Waals surface area contributed by atoms with Gasteiger partial charge in [-0.3, -0.25) is 14.5 Å². The highest BCUT2D eigenvalue weighted by Gasteiger charge is 2.67. The molecule has 2 aromatic carbocycles. The van der Waals surface area contributed by atoms with E-state index < -0.39 is 0 Å². The predicted octanol–water partition coefficient (Wildman–Crippen LogP) is 4.05. The molecule has 0 radical (unpaired) electrons. The van der Waals surface area contributed by atoms with Gasteiger partial charge >= 0.3 is 0 Å². The summed E-state index contributed by atoms with van der Waals surface area (Å²) in [6.45, 7) is 0. The Labute approximate surface area is 168 Å². The second-order valence-corrected chi connectivity index (χ2v) is 8.44. The zero-order valence-corrected chi connectivity index (χ0v) is 16.0. The normalized spacial score (nSPS) is 33.5. The fraction of sp³-hybridized carbons (Fsp3) is 0.333. The van der Waals surface area contributed by atoms with Gasteiger partial charge in [0.1, 0.15) is 17.2 Å². The molecule has 2 aromatic rings. The van der Waals surface area contributed by atoms with Gasteiger partial charge in [-0.05, 0) is 78.6 Å². The van der Waals surface area contributed by atoms with Gasteiger partial charge in [0.25, 0.3) is 0 Å². The molecule has 146 valence electrons. The van der Waals surface area contributed by atoms with Crippen LogP contribution in [0.1, 0.15) is 6.42 Å². The highest BCUT2D eigenvalue weighted by Crippen LogP contribution is 2.65. The molecule has 5 aliphatic rings. The Hall–Kier alpha value is -3.08. The Morgan fingerprint density at radius 1 is 0.759 bits per heavy atom. The van der Waals surface area contributed by atoms with Crippen molar-refractivity contribution in [3.05, 3.63) is 60.7 Å². The first-order valence-corrected chi connectivity index (χ1v) is 10.1. The number of rotatable bonds is 4. The van der Waals surface area contributed by atoms with E-state index in [0.29, 0.717) is 29.0 Å². The predicted molar refractivity (Wildman–Crippen MR) is 107 cm³/mol. The van der Waals surface area contributed by atoms with Crippen molar-refractivity contribution in [2.24, 2.45) is 35.5 Å². The molecule has 7 rings (SSSR count). The van der Waals surface area contributed by atoms with Crippen LogP contribution in [0.25, 0.3) is 0 Å². The lowest BCUT2D eigenvalue weighted by Gasteiger charge is -2.37. The lowest BCUT2D eigenvalue weighted by molar-refractivity contribution is -0.124. The monoisotopic (exact) mass is 387 g/mol. The van der Waals surface area contributed by atoms with Crippen molar-refractivity contribution in [1.29, 1.82) is 0 Å².